The molecule has 0 aromatic carbocycles. The lowest BCUT2D eigenvalue weighted by molar-refractivity contribution is -0.118. The van der Waals surface area contributed by atoms with Crippen molar-refractivity contribution in [3.63, 3.8) is 0 Å². The van der Waals surface area contributed by atoms with Crippen LogP contribution in [0.15, 0.2) is 6.07 Å². The molecule has 4 N–H and O–H groups in total. The summed E-state index contributed by atoms with van der Waals surface area (Å²) < 4.78 is 25.8. The quantitative estimate of drug-likeness (QED) is 0.658. The van der Waals surface area contributed by atoms with Crippen LogP contribution in [0.1, 0.15) is 6.92 Å². The lowest BCUT2D eigenvalue weighted by atomic mass is 10.4. The van der Waals surface area contributed by atoms with Crippen LogP contribution in [-0.2, 0) is 4.79 Å². The van der Waals surface area contributed by atoms with Crippen molar-refractivity contribution < 1.29 is 13.6 Å². The van der Waals surface area contributed by atoms with Crippen molar-refractivity contribution in [2.45, 2.75) is 6.92 Å². The van der Waals surface area contributed by atoms with Crippen molar-refractivity contribution in [2.24, 2.45) is 0 Å². The highest BCUT2D eigenvalue weighted by atomic mass is 19.1. The fourth-order valence-electron chi connectivity index (χ4n) is 1.02. The first-order valence-electron chi connectivity index (χ1n) is 4.60. The Kier molecular flexibility index (Phi) is 3.98. The number of rotatable bonds is 4. The Morgan fingerprint density at radius 1 is 1.44 bits per heavy atom. The van der Waals surface area contributed by atoms with E-state index in [2.05, 4.69) is 15.6 Å². The molecule has 1 aromatic rings. The smallest absolute Gasteiger partial charge is 0.216 e. The molecular formula is C9H12F2N4O. The van der Waals surface area contributed by atoms with E-state index in [-0.39, 0.29) is 24.1 Å². The number of aromatic nitrogens is 1. The van der Waals surface area contributed by atoms with Gasteiger partial charge in [-0.1, -0.05) is 0 Å². The van der Waals surface area contributed by atoms with E-state index in [0.717, 1.165) is 0 Å². The normalized spacial score (nSPS) is 9.94. The molecular weight excluding hydrogens is 218 g/mol. The molecule has 1 amide bonds. The number of carbonyl (C=O) groups excluding carboxylic acids is 1. The summed E-state index contributed by atoms with van der Waals surface area (Å²) in [6.45, 7) is 1.96. The van der Waals surface area contributed by atoms with Crippen molar-refractivity contribution >= 4 is 17.5 Å². The van der Waals surface area contributed by atoms with E-state index in [1.165, 1.54) is 6.92 Å². The highest BCUT2D eigenvalue weighted by Gasteiger charge is 2.08. The molecule has 1 heterocycles. The number of anilines is 2. The third-order valence-corrected chi connectivity index (χ3v) is 1.75. The molecule has 0 aliphatic rings. The fraction of sp³-hybridized carbons (Fsp3) is 0.333. The number of nitrogens with one attached hydrogen (secondary N) is 2. The van der Waals surface area contributed by atoms with Crippen molar-refractivity contribution in [1.82, 2.24) is 10.3 Å². The highest BCUT2D eigenvalue weighted by molar-refractivity contribution is 5.72. The van der Waals surface area contributed by atoms with Crippen LogP contribution in [0, 0.1) is 11.6 Å². The van der Waals surface area contributed by atoms with Crippen LogP contribution in [0.5, 0.6) is 0 Å². The van der Waals surface area contributed by atoms with Gasteiger partial charge in [-0.3, -0.25) is 4.79 Å². The molecule has 0 aliphatic heterocycles. The second-order valence-electron chi connectivity index (χ2n) is 3.10. The molecule has 0 atom stereocenters. The zero-order valence-electron chi connectivity index (χ0n) is 8.68. The number of carbonyl (C=O) groups is 1. The van der Waals surface area contributed by atoms with E-state index in [4.69, 9.17) is 5.73 Å². The van der Waals surface area contributed by atoms with E-state index in [1.54, 1.807) is 0 Å². The molecule has 0 saturated carbocycles. The van der Waals surface area contributed by atoms with Gasteiger partial charge in [0.25, 0.3) is 0 Å². The lowest BCUT2D eigenvalue weighted by Crippen LogP contribution is -2.26. The Morgan fingerprint density at radius 2 is 2.12 bits per heavy atom. The number of nitrogens with zero attached hydrogens (tertiary/aromatic N) is 1. The predicted octanol–water partition coefficient (Wildman–Crippen LogP) is 0.490. The monoisotopic (exact) mass is 230 g/mol. The summed E-state index contributed by atoms with van der Waals surface area (Å²) in [5.74, 6) is -2.42. The standard InChI is InChI=1S/C9H12F2N4O/c1-5(16)13-2-3-14-9-7(11)4-6(10)8(12)15-9/h4H,2-3H2,1H3,(H,13,16)(H3,12,14,15). The molecule has 0 fully saturated rings. The number of pyridine rings is 1. The molecule has 0 radical (unpaired) electrons. The molecule has 1 aromatic heterocycles. The number of nitrogen functional groups attached to an aromatic ring is 1. The summed E-state index contributed by atoms with van der Waals surface area (Å²) >= 11 is 0. The van der Waals surface area contributed by atoms with Crippen LogP contribution < -0.4 is 16.4 Å². The van der Waals surface area contributed by atoms with Crippen molar-refractivity contribution in [3.05, 3.63) is 17.7 Å². The number of amides is 1. The Bertz CT molecular complexity index is 397. The maximum absolute atomic E-state index is 13.1. The minimum atomic E-state index is -0.898. The number of hydrogen-bond acceptors (Lipinski definition) is 4. The summed E-state index contributed by atoms with van der Waals surface area (Å²) in [5, 5.41) is 5.09. The second kappa shape index (κ2) is 5.24. The van der Waals surface area contributed by atoms with Gasteiger partial charge in [0.15, 0.2) is 23.3 Å². The van der Waals surface area contributed by atoms with Crippen molar-refractivity contribution in [3.8, 4) is 0 Å². The molecule has 0 spiro atoms. The Morgan fingerprint density at radius 3 is 2.75 bits per heavy atom. The van der Waals surface area contributed by atoms with E-state index in [0.29, 0.717) is 12.6 Å². The fourth-order valence-corrected chi connectivity index (χ4v) is 1.02. The SMILES string of the molecule is CC(=O)NCCNc1nc(N)c(F)cc1F. The number of nitrogens with two attached hydrogens (primary N) is 1. The summed E-state index contributed by atoms with van der Waals surface area (Å²) in [4.78, 5) is 14.0. The third-order valence-electron chi connectivity index (χ3n) is 1.75. The first kappa shape index (κ1) is 12.2. The van der Waals surface area contributed by atoms with Crippen molar-refractivity contribution in [1.29, 1.82) is 0 Å². The lowest BCUT2D eigenvalue weighted by Gasteiger charge is -2.07. The summed E-state index contributed by atoms with van der Waals surface area (Å²) in [7, 11) is 0. The van der Waals surface area contributed by atoms with Crippen molar-refractivity contribution in [2.75, 3.05) is 24.1 Å². The number of hydrogen-bond donors (Lipinski definition) is 3. The minimum absolute atomic E-state index is 0.135. The summed E-state index contributed by atoms with van der Waals surface area (Å²) in [6.07, 6.45) is 0. The van der Waals surface area contributed by atoms with Gasteiger partial charge in [0.2, 0.25) is 5.91 Å². The average Bonchev–Trinajstić information content (AvgIpc) is 2.19. The van der Waals surface area contributed by atoms with Gasteiger partial charge in [-0.15, -0.1) is 0 Å². The predicted molar refractivity (Wildman–Crippen MR) is 55.7 cm³/mol. The zero-order valence-corrected chi connectivity index (χ0v) is 8.68. The third kappa shape index (κ3) is 3.34. The molecule has 88 valence electrons. The number of halogens is 2. The molecule has 16 heavy (non-hydrogen) atoms. The van der Waals surface area contributed by atoms with Crippen LogP contribution in [0.3, 0.4) is 0 Å². The van der Waals surface area contributed by atoms with Gasteiger partial charge >= 0.3 is 0 Å². The molecule has 0 bridgehead atoms. The summed E-state index contributed by atoms with van der Waals surface area (Å²) in [6, 6.07) is 0.656. The summed E-state index contributed by atoms with van der Waals surface area (Å²) in [5.41, 5.74) is 5.18. The first-order valence-corrected chi connectivity index (χ1v) is 4.60. The molecule has 0 saturated heterocycles. The Balaban J connectivity index is 2.54. The van der Waals surface area contributed by atoms with E-state index in [9.17, 15) is 13.6 Å². The van der Waals surface area contributed by atoms with E-state index < -0.39 is 11.6 Å². The van der Waals surface area contributed by atoms with Crippen LogP contribution in [0.4, 0.5) is 20.4 Å². The van der Waals surface area contributed by atoms with Gasteiger partial charge in [0.05, 0.1) is 0 Å². The van der Waals surface area contributed by atoms with Crippen LogP contribution >= 0.6 is 0 Å². The molecule has 5 nitrogen and oxygen atoms in total. The van der Waals surface area contributed by atoms with Crippen LogP contribution in [0.2, 0.25) is 0 Å². The molecule has 7 heteroatoms. The van der Waals surface area contributed by atoms with Gasteiger partial charge in [-0.05, 0) is 0 Å². The highest BCUT2D eigenvalue weighted by Crippen LogP contribution is 2.15. The van der Waals surface area contributed by atoms with Crippen LogP contribution in [-0.4, -0.2) is 24.0 Å². The first-order chi connectivity index (χ1) is 7.50. The zero-order chi connectivity index (χ0) is 12.1. The molecule has 1 rings (SSSR count). The Hall–Kier alpha value is -1.92. The largest absolute Gasteiger partial charge is 0.381 e. The van der Waals surface area contributed by atoms with Gasteiger partial charge in [-0.2, -0.15) is 0 Å². The van der Waals surface area contributed by atoms with Gasteiger partial charge in [0.1, 0.15) is 0 Å². The maximum atomic E-state index is 13.1. The second-order valence-corrected chi connectivity index (χ2v) is 3.10. The van der Waals surface area contributed by atoms with Gasteiger partial charge < -0.3 is 16.4 Å². The molecule has 0 aliphatic carbocycles. The van der Waals surface area contributed by atoms with E-state index >= 15 is 0 Å². The average molecular weight is 230 g/mol. The van der Waals surface area contributed by atoms with Gasteiger partial charge in [0, 0.05) is 26.1 Å². The topological polar surface area (TPSA) is 80.0 Å². The van der Waals surface area contributed by atoms with Gasteiger partial charge in [-0.25, -0.2) is 13.8 Å². The Labute approximate surface area is 91.0 Å². The maximum Gasteiger partial charge on any atom is 0.216 e. The van der Waals surface area contributed by atoms with Crippen LogP contribution in [0.25, 0.3) is 0 Å². The van der Waals surface area contributed by atoms with E-state index in [1.807, 2.05) is 0 Å². The molecule has 0 unspecified atom stereocenters. The minimum Gasteiger partial charge on any atom is -0.381 e.